The zero-order valence-electron chi connectivity index (χ0n) is 21.6. The average molecular weight is 609 g/mol. The molecule has 2 nitrogen and oxygen atoms in total. The molecular formula is C33H32BrCl2NO. The zero-order chi connectivity index (χ0) is 26.0. The fourth-order valence-corrected chi connectivity index (χ4v) is 5.88. The summed E-state index contributed by atoms with van der Waals surface area (Å²) >= 11 is 9.53. The van der Waals surface area contributed by atoms with Crippen LogP contribution in [0.3, 0.4) is 0 Å². The predicted octanol–water partition coefficient (Wildman–Crippen LogP) is 5.67. The second-order valence-electron chi connectivity index (χ2n) is 10.1. The number of aliphatic hydroxyl groups excluding tert-OH is 1. The number of likely N-dealkylation sites (N-methyl/N-ethyl adjacent to an activating group) is 1. The number of rotatable bonds is 3. The molecule has 196 valence electrons. The zero-order valence-corrected chi connectivity index (χ0v) is 24.7. The van der Waals surface area contributed by atoms with Crippen LogP contribution in [-0.2, 0) is 13.1 Å². The normalized spacial score (nSPS) is 15.2. The first-order valence-electron chi connectivity index (χ1n) is 12.7. The summed E-state index contributed by atoms with van der Waals surface area (Å²) in [6.45, 7) is 3.94. The molecule has 0 aliphatic carbocycles. The molecule has 1 N–H and O–H groups in total. The van der Waals surface area contributed by atoms with E-state index >= 15 is 0 Å². The third kappa shape index (κ3) is 5.36. The maximum absolute atomic E-state index is 11.4. The van der Waals surface area contributed by atoms with Gasteiger partial charge in [0.05, 0.1) is 12.4 Å². The van der Waals surface area contributed by atoms with E-state index in [9.17, 15) is 5.11 Å². The van der Waals surface area contributed by atoms with Gasteiger partial charge in [-0.3, -0.25) is 0 Å². The maximum atomic E-state index is 11.4. The van der Waals surface area contributed by atoms with Crippen LogP contribution < -0.4 is 17.0 Å². The number of hydrogen-bond donors (Lipinski definition) is 1. The Kier molecular flexibility index (Phi) is 9.18. The van der Waals surface area contributed by atoms with Gasteiger partial charge in [0.25, 0.3) is 0 Å². The van der Waals surface area contributed by atoms with Gasteiger partial charge in [-0.15, -0.1) is 23.2 Å². The Balaban J connectivity index is 0.000000804. The summed E-state index contributed by atoms with van der Waals surface area (Å²) in [6.07, 6.45) is -0.530. The highest BCUT2D eigenvalue weighted by molar-refractivity contribution is 6.40. The highest BCUT2D eigenvalue weighted by Gasteiger charge is 2.39. The van der Waals surface area contributed by atoms with Crippen molar-refractivity contribution in [2.45, 2.75) is 32.2 Å². The van der Waals surface area contributed by atoms with Gasteiger partial charge in [-0.25, -0.2) is 0 Å². The molecule has 0 bridgehead atoms. The van der Waals surface area contributed by atoms with Crippen LogP contribution >= 0.6 is 23.2 Å². The first-order chi connectivity index (χ1) is 18.0. The summed E-state index contributed by atoms with van der Waals surface area (Å²) in [5.74, 6) is 0. The lowest BCUT2D eigenvalue weighted by Crippen LogP contribution is -3.00. The quantitative estimate of drug-likeness (QED) is 0.207. The third-order valence-electron chi connectivity index (χ3n) is 7.93. The molecule has 0 saturated carbocycles. The van der Waals surface area contributed by atoms with Gasteiger partial charge in [0, 0.05) is 11.1 Å². The molecule has 0 amide bonds. The van der Waals surface area contributed by atoms with Crippen molar-refractivity contribution in [1.82, 2.24) is 0 Å². The number of fused-ring (bicyclic) bond motifs is 7. The van der Waals surface area contributed by atoms with E-state index in [0.717, 1.165) is 23.1 Å². The number of alkyl halides is 2. The van der Waals surface area contributed by atoms with Gasteiger partial charge in [-0.05, 0) is 45.2 Å². The van der Waals surface area contributed by atoms with E-state index in [1.54, 1.807) is 0 Å². The van der Waals surface area contributed by atoms with Crippen LogP contribution in [-0.4, -0.2) is 28.0 Å². The van der Waals surface area contributed by atoms with E-state index in [1.807, 2.05) is 30.3 Å². The van der Waals surface area contributed by atoms with Gasteiger partial charge in [0.1, 0.15) is 25.2 Å². The van der Waals surface area contributed by atoms with E-state index < -0.39 is 6.10 Å². The summed E-state index contributed by atoms with van der Waals surface area (Å²) in [6, 6.07) is 36.7. The minimum absolute atomic E-state index is 0. The van der Waals surface area contributed by atoms with E-state index in [-0.39, 0.29) is 28.4 Å². The molecule has 6 rings (SSSR count). The fraction of sp³-hybridized carbons (Fsp3) is 0.212. The summed E-state index contributed by atoms with van der Waals surface area (Å²) in [5, 5.41) is 16.8. The van der Waals surface area contributed by atoms with Gasteiger partial charge >= 0.3 is 0 Å². The lowest BCUT2D eigenvalue weighted by atomic mass is 9.88. The van der Waals surface area contributed by atoms with Crippen molar-refractivity contribution in [3.63, 3.8) is 0 Å². The number of nitrogens with zero attached hydrogens (tertiary/aromatic N) is 1. The van der Waals surface area contributed by atoms with E-state index in [1.165, 1.54) is 43.8 Å². The lowest BCUT2D eigenvalue weighted by Gasteiger charge is -2.42. The van der Waals surface area contributed by atoms with Crippen molar-refractivity contribution in [3.05, 3.63) is 120 Å². The molecule has 1 heterocycles. The minimum Gasteiger partial charge on any atom is -1.00 e. The maximum Gasteiger partial charge on any atom is 0.130 e. The fourth-order valence-electron chi connectivity index (χ4n) is 5.88. The molecule has 2 atom stereocenters. The molecule has 0 saturated heterocycles. The Hall–Kier alpha value is -2.40. The number of benzene rings is 5. The number of halogens is 3. The molecule has 5 aromatic carbocycles. The highest BCUT2D eigenvalue weighted by atomic mass is 79.9. The molecule has 5 heteroatoms. The van der Waals surface area contributed by atoms with Crippen molar-refractivity contribution < 1.29 is 26.6 Å². The predicted molar refractivity (Wildman–Crippen MR) is 158 cm³/mol. The Morgan fingerprint density at radius 1 is 0.684 bits per heavy atom. The van der Waals surface area contributed by atoms with Crippen LogP contribution in [0.1, 0.15) is 29.7 Å². The van der Waals surface area contributed by atoms with Crippen molar-refractivity contribution in [1.29, 1.82) is 0 Å². The molecule has 1 aliphatic heterocycles. The number of hydrogen-bond acceptors (Lipinski definition) is 1. The molecule has 5 aromatic rings. The van der Waals surface area contributed by atoms with E-state index in [4.69, 9.17) is 23.2 Å². The third-order valence-corrected chi connectivity index (χ3v) is 7.93. The van der Waals surface area contributed by atoms with Gasteiger partial charge in [0.15, 0.2) is 0 Å². The SMILES string of the molecule is C[C@@H]([C@H](O)c1ccccc1)[N+]1(C)Cc2ccc3ccccc3c2-c2c(ccc3ccccc23)C1.ClCCl.[Br-]. The number of quaternary nitrogens is 1. The van der Waals surface area contributed by atoms with Crippen LogP contribution in [0.4, 0.5) is 0 Å². The minimum atomic E-state index is -0.530. The van der Waals surface area contributed by atoms with Crippen LogP contribution in [0.5, 0.6) is 0 Å². The van der Waals surface area contributed by atoms with E-state index in [2.05, 4.69) is 86.8 Å². The lowest BCUT2D eigenvalue weighted by molar-refractivity contribution is -0.960. The average Bonchev–Trinajstić information content (AvgIpc) is 3.07. The van der Waals surface area contributed by atoms with Gasteiger partial charge in [-0.2, -0.15) is 0 Å². The Morgan fingerprint density at radius 2 is 1.11 bits per heavy atom. The van der Waals surface area contributed by atoms with Gasteiger partial charge < -0.3 is 26.6 Å². The second kappa shape index (κ2) is 12.2. The summed E-state index contributed by atoms with van der Waals surface area (Å²) in [4.78, 5) is 0. The molecule has 0 aromatic heterocycles. The number of aliphatic hydroxyl groups is 1. The largest absolute Gasteiger partial charge is 1.00 e. The molecular weight excluding hydrogens is 577 g/mol. The standard InChI is InChI=1S/C32H30NO.CH2Cl2.BrH/c1-22(32(34)25-12-4-3-5-13-25)33(2)20-26-18-16-23-10-6-8-14-28(23)30(26)31-27(21-33)19-17-24-11-7-9-15-29(24)31;2-1-3;/h3-19,22,32,34H,20-21H2,1-2H3;1H2;1H/q+1;;/p-1/t22-,32-;;/m0../s1. The molecule has 0 unspecified atom stereocenters. The molecule has 0 radical (unpaired) electrons. The molecule has 0 spiro atoms. The first-order valence-corrected chi connectivity index (χ1v) is 13.7. The van der Waals surface area contributed by atoms with Crippen LogP contribution in [0.15, 0.2) is 103 Å². The molecule has 1 aliphatic rings. The topological polar surface area (TPSA) is 20.2 Å². The summed E-state index contributed by atoms with van der Waals surface area (Å²) < 4.78 is 0.743. The second-order valence-corrected chi connectivity index (χ2v) is 10.9. The van der Waals surface area contributed by atoms with Crippen LogP contribution in [0.2, 0.25) is 0 Å². The van der Waals surface area contributed by atoms with Gasteiger partial charge in [0.2, 0.25) is 0 Å². The molecule has 0 fully saturated rings. The summed E-state index contributed by atoms with van der Waals surface area (Å²) in [5.41, 5.74) is 6.39. The van der Waals surface area contributed by atoms with Crippen molar-refractivity contribution in [3.8, 4) is 11.1 Å². The Labute approximate surface area is 245 Å². The van der Waals surface area contributed by atoms with Crippen molar-refractivity contribution in [2.24, 2.45) is 0 Å². The van der Waals surface area contributed by atoms with Gasteiger partial charge in [-0.1, -0.05) is 103 Å². The Morgan fingerprint density at radius 3 is 1.58 bits per heavy atom. The smallest absolute Gasteiger partial charge is 0.130 e. The van der Waals surface area contributed by atoms with E-state index in [0.29, 0.717) is 0 Å². The monoisotopic (exact) mass is 607 g/mol. The summed E-state index contributed by atoms with van der Waals surface area (Å²) in [7, 11) is 2.31. The van der Waals surface area contributed by atoms with Crippen molar-refractivity contribution >= 4 is 44.7 Å². The first kappa shape index (κ1) is 28.6. The highest BCUT2D eigenvalue weighted by Crippen LogP contribution is 2.44. The Bertz CT molecular complexity index is 1450. The van der Waals surface area contributed by atoms with Crippen LogP contribution in [0, 0.1) is 0 Å². The van der Waals surface area contributed by atoms with Crippen molar-refractivity contribution in [2.75, 3.05) is 12.4 Å². The van der Waals surface area contributed by atoms with Crippen LogP contribution in [0.25, 0.3) is 32.7 Å². The molecule has 38 heavy (non-hydrogen) atoms.